The number of hydrogen-bond acceptors (Lipinski definition) is 3. The Labute approximate surface area is 106 Å². The lowest BCUT2D eigenvalue weighted by molar-refractivity contribution is -0.383. The molecule has 0 heterocycles. The third-order valence-electron chi connectivity index (χ3n) is 2.84. The summed E-state index contributed by atoms with van der Waals surface area (Å²) in [5.74, 6) is 0. The van der Waals surface area contributed by atoms with Crippen LogP contribution >= 0.6 is 11.6 Å². The highest BCUT2D eigenvalue weighted by Crippen LogP contribution is 2.34. The first-order valence-electron chi connectivity index (χ1n) is 5.43. The van der Waals surface area contributed by atoms with Gasteiger partial charge in [-0.2, -0.15) is 0 Å². The molecule has 0 spiro atoms. The van der Waals surface area contributed by atoms with E-state index < -0.39 is 4.92 Å². The molecule has 0 bridgehead atoms. The van der Waals surface area contributed by atoms with E-state index in [4.69, 9.17) is 11.6 Å². The van der Waals surface area contributed by atoms with Gasteiger partial charge in [-0.05, 0) is 24.5 Å². The van der Waals surface area contributed by atoms with Crippen LogP contribution in [-0.4, -0.2) is 11.0 Å². The van der Waals surface area contributed by atoms with Crippen LogP contribution in [0.25, 0.3) is 0 Å². The fraction of sp³-hybridized carbons (Fsp3) is 0.500. The molecule has 0 amide bonds. The number of nitrogens with zero attached hydrogens (tertiary/aromatic N) is 1. The van der Waals surface area contributed by atoms with Gasteiger partial charge < -0.3 is 5.32 Å². The van der Waals surface area contributed by atoms with Crippen molar-refractivity contribution in [3.05, 3.63) is 33.3 Å². The fourth-order valence-electron chi connectivity index (χ4n) is 1.27. The largest absolute Gasteiger partial charge is 0.376 e. The minimum atomic E-state index is -0.458. The zero-order valence-corrected chi connectivity index (χ0v) is 11.2. The van der Waals surface area contributed by atoms with E-state index in [1.807, 2.05) is 6.92 Å². The van der Waals surface area contributed by atoms with Crippen molar-refractivity contribution < 1.29 is 4.92 Å². The van der Waals surface area contributed by atoms with Gasteiger partial charge in [0.25, 0.3) is 0 Å². The highest BCUT2D eigenvalue weighted by atomic mass is 35.5. The Hall–Kier alpha value is -1.29. The Morgan fingerprint density at radius 1 is 1.41 bits per heavy atom. The lowest BCUT2D eigenvalue weighted by atomic mass is 9.88. The molecule has 0 saturated carbocycles. The minimum absolute atomic E-state index is 0.0101. The molecular formula is C12H17ClN2O2. The van der Waals surface area contributed by atoms with Crippen LogP contribution in [0.5, 0.6) is 0 Å². The topological polar surface area (TPSA) is 55.2 Å². The van der Waals surface area contributed by atoms with E-state index in [9.17, 15) is 10.1 Å². The molecule has 1 unspecified atom stereocenters. The molecular weight excluding hydrogens is 240 g/mol. The van der Waals surface area contributed by atoms with Crippen LogP contribution in [-0.2, 0) is 0 Å². The van der Waals surface area contributed by atoms with Crippen LogP contribution in [0.15, 0.2) is 18.2 Å². The minimum Gasteiger partial charge on any atom is -0.376 e. The first-order chi connectivity index (χ1) is 7.73. The first kappa shape index (κ1) is 13.8. The summed E-state index contributed by atoms with van der Waals surface area (Å²) in [7, 11) is 0. The van der Waals surface area contributed by atoms with Crippen molar-refractivity contribution in [2.45, 2.75) is 33.7 Å². The zero-order chi connectivity index (χ0) is 13.2. The van der Waals surface area contributed by atoms with Gasteiger partial charge >= 0.3 is 5.69 Å². The van der Waals surface area contributed by atoms with E-state index in [2.05, 4.69) is 26.1 Å². The summed E-state index contributed by atoms with van der Waals surface area (Å²) >= 11 is 5.84. The molecule has 1 atom stereocenters. The molecule has 0 aliphatic heterocycles. The Morgan fingerprint density at radius 2 is 2.00 bits per heavy atom. The van der Waals surface area contributed by atoms with Crippen LogP contribution in [0.4, 0.5) is 11.4 Å². The second-order valence-electron chi connectivity index (χ2n) is 5.13. The molecule has 4 nitrogen and oxygen atoms in total. The summed E-state index contributed by atoms with van der Waals surface area (Å²) in [4.78, 5) is 10.5. The summed E-state index contributed by atoms with van der Waals surface area (Å²) in [5.41, 5.74) is 0.408. The lowest BCUT2D eigenvalue weighted by Gasteiger charge is -2.28. The molecule has 94 valence electrons. The molecule has 0 saturated heterocycles. The molecule has 0 aromatic heterocycles. The summed E-state index contributed by atoms with van der Waals surface area (Å²) in [6.07, 6.45) is 0. The average molecular weight is 257 g/mol. The fourth-order valence-corrected chi connectivity index (χ4v) is 1.51. The predicted octanol–water partition coefficient (Wildman–Crippen LogP) is 4.09. The van der Waals surface area contributed by atoms with Gasteiger partial charge in [-0.1, -0.05) is 38.4 Å². The number of anilines is 1. The van der Waals surface area contributed by atoms with Crippen LogP contribution < -0.4 is 5.32 Å². The molecule has 1 aromatic carbocycles. The van der Waals surface area contributed by atoms with Gasteiger partial charge in [-0.25, -0.2) is 0 Å². The molecule has 17 heavy (non-hydrogen) atoms. The van der Waals surface area contributed by atoms with Gasteiger partial charge in [-0.3, -0.25) is 10.1 Å². The van der Waals surface area contributed by atoms with E-state index in [0.29, 0.717) is 5.69 Å². The Kier molecular flexibility index (Phi) is 3.98. The smallest absolute Gasteiger partial charge is 0.310 e. The van der Waals surface area contributed by atoms with Gasteiger partial charge in [0.2, 0.25) is 0 Å². The summed E-state index contributed by atoms with van der Waals surface area (Å²) in [6.45, 7) is 8.20. The monoisotopic (exact) mass is 256 g/mol. The van der Waals surface area contributed by atoms with Crippen molar-refractivity contribution in [3.8, 4) is 0 Å². The van der Waals surface area contributed by atoms with Crippen LogP contribution in [0, 0.1) is 15.5 Å². The van der Waals surface area contributed by atoms with Crippen molar-refractivity contribution in [1.82, 2.24) is 0 Å². The van der Waals surface area contributed by atoms with E-state index in [1.54, 1.807) is 12.1 Å². The standard InChI is InChI=1S/C12H17ClN2O2/c1-8(12(2,3)4)14-10-7-5-6-9(13)11(10)15(16)17/h5-8,14H,1-4H3. The highest BCUT2D eigenvalue weighted by molar-refractivity contribution is 6.33. The number of para-hydroxylation sites is 1. The van der Waals surface area contributed by atoms with Gasteiger partial charge in [-0.15, -0.1) is 0 Å². The number of rotatable bonds is 3. The zero-order valence-electron chi connectivity index (χ0n) is 10.5. The summed E-state index contributed by atoms with van der Waals surface area (Å²) < 4.78 is 0. The van der Waals surface area contributed by atoms with Crippen molar-refractivity contribution >= 4 is 23.0 Å². The lowest BCUT2D eigenvalue weighted by Crippen LogP contribution is -2.31. The number of nitrogens with one attached hydrogen (secondary N) is 1. The van der Waals surface area contributed by atoms with Crippen molar-refractivity contribution in [2.75, 3.05) is 5.32 Å². The molecule has 5 heteroatoms. The number of nitro benzene ring substituents is 1. The SMILES string of the molecule is CC(Nc1cccc(Cl)c1[N+](=O)[O-])C(C)(C)C. The molecule has 0 aliphatic carbocycles. The predicted molar refractivity (Wildman–Crippen MR) is 70.6 cm³/mol. The van der Waals surface area contributed by atoms with Gasteiger partial charge in [0.1, 0.15) is 10.7 Å². The molecule has 0 fully saturated rings. The first-order valence-corrected chi connectivity index (χ1v) is 5.80. The second-order valence-corrected chi connectivity index (χ2v) is 5.53. The maximum absolute atomic E-state index is 11.0. The van der Waals surface area contributed by atoms with Gasteiger partial charge in [0.05, 0.1) is 4.92 Å². The number of hydrogen-bond donors (Lipinski definition) is 1. The third kappa shape index (κ3) is 3.33. The molecule has 1 rings (SSSR count). The summed E-state index contributed by atoms with van der Waals surface area (Å²) in [6, 6.07) is 4.99. The Balaban J connectivity index is 3.07. The van der Waals surface area contributed by atoms with Crippen LogP contribution in [0.2, 0.25) is 5.02 Å². The number of halogens is 1. The maximum atomic E-state index is 11.0. The third-order valence-corrected chi connectivity index (χ3v) is 3.15. The van der Waals surface area contributed by atoms with Crippen molar-refractivity contribution in [3.63, 3.8) is 0 Å². The number of benzene rings is 1. The summed E-state index contributed by atoms with van der Waals surface area (Å²) in [5, 5.41) is 14.3. The molecule has 0 radical (unpaired) electrons. The van der Waals surface area contributed by atoms with E-state index in [-0.39, 0.29) is 22.2 Å². The molecule has 1 N–H and O–H groups in total. The van der Waals surface area contributed by atoms with Crippen LogP contribution in [0.1, 0.15) is 27.7 Å². The Morgan fingerprint density at radius 3 is 2.47 bits per heavy atom. The molecule has 0 aliphatic rings. The van der Waals surface area contributed by atoms with E-state index >= 15 is 0 Å². The average Bonchev–Trinajstić information content (AvgIpc) is 2.15. The van der Waals surface area contributed by atoms with Crippen molar-refractivity contribution in [1.29, 1.82) is 0 Å². The van der Waals surface area contributed by atoms with Gasteiger partial charge in [0, 0.05) is 6.04 Å². The van der Waals surface area contributed by atoms with Gasteiger partial charge in [0.15, 0.2) is 0 Å². The van der Waals surface area contributed by atoms with E-state index in [0.717, 1.165) is 0 Å². The van der Waals surface area contributed by atoms with Crippen LogP contribution in [0.3, 0.4) is 0 Å². The van der Waals surface area contributed by atoms with E-state index in [1.165, 1.54) is 6.07 Å². The number of nitro groups is 1. The molecule has 1 aromatic rings. The maximum Gasteiger partial charge on any atom is 0.310 e. The van der Waals surface area contributed by atoms with Crippen molar-refractivity contribution in [2.24, 2.45) is 5.41 Å². The second kappa shape index (κ2) is 4.92. The quantitative estimate of drug-likeness (QED) is 0.654. The Bertz CT molecular complexity index is 427. The highest BCUT2D eigenvalue weighted by Gasteiger charge is 2.24. The normalized spacial score (nSPS) is 13.2.